The fourth-order valence-corrected chi connectivity index (χ4v) is 1.45. The summed E-state index contributed by atoms with van der Waals surface area (Å²) in [7, 11) is 1.49. The lowest BCUT2D eigenvalue weighted by Gasteiger charge is -2.11. The molecule has 0 radical (unpaired) electrons. The van der Waals surface area contributed by atoms with Gasteiger partial charge in [0.05, 0.1) is 12.1 Å². The summed E-state index contributed by atoms with van der Waals surface area (Å²) in [5.74, 6) is 0.0149. The summed E-state index contributed by atoms with van der Waals surface area (Å²) in [6.45, 7) is 1.87. The highest BCUT2D eigenvalue weighted by Gasteiger charge is 2.10. The van der Waals surface area contributed by atoms with E-state index in [1.54, 1.807) is 6.07 Å². The van der Waals surface area contributed by atoms with Crippen molar-refractivity contribution in [1.82, 2.24) is 0 Å². The molecule has 78 valence electrons. The Morgan fingerprint density at radius 2 is 2.21 bits per heavy atom. The Kier molecular flexibility index (Phi) is 3.72. The molecular formula is C10H13ClFNO. The summed E-state index contributed by atoms with van der Waals surface area (Å²) in [5.41, 5.74) is 6.47. The van der Waals surface area contributed by atoms with Crippen molar-refractivity contribution in [3.05, 3.63) is 28.5 Å². The molecule has 1 aromatic rings. The van der Waals surface area contributed by atoms with Crippen molar-refractivity contribution in [3.63, 3.8) is 0 Å². The summed E-state index contributed by atoms with van der Waals surface area (Å²) in [5, 5.41) is 0.0986. The van der Waals surface area contributed by atoms with Crippen molar-refractivity contribution >= 4 is 11.6 Å². The van der Waals surface area contributed by atoms with Gasteiger partial charge in [-0.05, 0) is 25.0 Å². The number of rotatable bonds is 3. The van der Waals surface area contributed by atoms with Crippen molar-refractivity contribution in [1.29, 1.82) is 0 Å². The molecule has 0 bridgehead atoms. The molecule has 2 N–H and O–H groups in total. The molecule has 1 rings (SSSR count). The molecular weight excluding hydrogens is 205 g/mol. The van der Waals surface area contributed by atoms with Crippen LogP contribution < -0.4 is 10.5 Å². The second-order valence-corrected chi connectivity index (χ2v) is 3.67. The Labute approximate surface area is 87.8 Å². The normalized spacial score (nSPS) is 12.6. The number of hydrogen-bond donors (Lipinski definition) is 1. The Morgan fingerprint density at radius 3 is 2.71 bits per heavy atom. The molecule has 0 aliphatic rings. The minimum absolute atomic E-state index is 0.00886. The predicted octanol–water partition coefficient (Wildman–Crippen LogP) is 2.38. The van der Waals surface area contributed by atoms with Gasteiger partial charge in [-0.3, -0.25) is 0 Å². The van der Waals surface area contributed by atoms with E-state index < -0.39 is 5.82 Å². The number of nitrogens with two attached hydrogens (primary N) is 1. The molecule has 0 aromatic heterocycles. The highest BCUT2D eigenvalue weighted by atomic mass is 35.5. The van der Waals surface area contributed by atoms with Crippen LogP contribution in [0.2, 0.25) is 5.02 Å². The lowest BCUT2D eigenvalue weighted by molar-refractivity contribution is 0.405. The maximum atomic E-state index is 13.0. The molecule has 0 spiro atoms. The van der Waals surface area contributed by atoms with Gasteiger partial charge in [-0.2, -0.15) is 0 Å². The molecule has 1 aromatic carbocycles. The SMILES string of the molecule is COc1cc(F)c(Cl)cc1CC(C)N. The van der Waals surface area contributed by atoms with Gasteiger partial charge in [-0.15, -0.1) is 0 Å². The van der Waals surface area contributed by atoms with Crippen LogP contribution >= 0.6 is 11.6 Å². The van der Waals surface area contributed by atoms with Crippen molar-refractivity contribution in [2.24, 2.45) is 5.73 Å². The fourth-order valence-electron chi connectivity index (χ4n) is 1.27. The summed E-state index contributed by atoms with van der Waals surface area (Å²) < 4.78 is 18.1. The Balaban J connectivity index is 3.07. The quantitative estimate of drug-likeness (QED) is 0.844. The first-order valence-electron chi connectivity index (χ1n) is 4.32. The summed E-state index contributed by atoms with van der Waals surface area (Å²) in [6.07, 6.45) is 0.614. The van der Waals surface area contributed by atoms with Crippen LogP contribution in [0.1, 0.15) is 12.5 Å². The molecule has 4 heteroatoms. The first-order valence-corrected chi connectivity index (χ1v) is 4.70. The van der Waals surface area contributed by atoms with Gasteiger partial charge in [0.15, 0.2) is 0 Å². The van der Waals surface area contributed by atoms with E-state index in [2.05, 4.69) is 0 Å². The third-order valence-electron chi connectivity index (χ3n) is 1.87. The average Bonchev–Trinajstić information content (AvgIpc) is 2.10. The highest BCUT2D eigenvalue weighted by Crippen LogP contribution is 2.26. The van der Waals surface area contributed by atoms with Crippen molar-refractivity contribution in [3.8, 4) is 5.75 Å². The van der Waals surface area contributed by atoms with E-state index in [1.165, 1.54) is 13.2 Å². The van der Waals surface area contributed by atoms with E-state index in [0.29, 0.717) is 12.2 Å². The van der Waals surface area contributed by atoms with E-state index in [0.717, 1.165) is 5.56 Å². The smallest absolute Gasteiger partial charge is 0.145 e. The van der Waals surface area contributed by atoms with Crippen LogP contribution in [0.15, 0.2) is 12.1 Å². The molecule has 0 amide bonds. The molecule has 14 heavy (non-hydrogen) atoms. The monoisotopic (exact) mass is 217 g/mol. The van der Waals surface area contributed by atoms with E-state index in [9.17, 15) is 4.39 Å². The van der Waals surface area contributed by atoms with Gasteiger partial charge in [-0.25, -0.2) is 4.39 Å². The molecule has 0 aliphatic heterocycles. The largest absolute Gasteiger partial charge is 0.496 e. The lowest BCUT2D eigenvalue weighted by Crippen LogP contribution is -2.18. The van der Waals surface area contributed by atoms with E-state index in [1.807, 2.05) is 6.92 Å². The number of methoxy groups -OCH3 is 1. The Bertz CT molecular complexity index is 328. The first-order chi connectivity index (χ1) is 6.54. The van der Waals surface area contributed by atoms with Crippen LogP contribution in [0.3, 0.4) is 0 Å². The van der Waals surface area contributed by atoms with E-state index in [4.69, 9.17) is 22.1 Å². The molecule has 0 saturated carbocycles. The van der Waals surface area contributed by atoms with Crippen molar-refractivity contribution < 1.29 is 9.13 Å². The number of benzene rings is 1. The van der Waals surface area contributed by atoms with Gasteiger partial charge < -0.3 is 10.5 Å². The zero-order valence-electron chi connectivity index (χ0n) is 8.18. The molecule has 1 atom stereocenters. The number of hydrogen-bond acceptors (Lipinski definition) is 2. The third kappa shape index (κ3) is 2.59. The van der Waals surface area contributed by atoms with Crippen molar-refractivity contribution in [2.75, 3.05) is 7.11 Å². The summed E-state index contributed by atoms with van der Waals surface area (Å²) >= 11 is 5.65. The lowest BCUT2D eigenvalue weighted by atomic mass is 10.1. The number of ether oxygens (including phenoxy) is 1. The fraction of sp³-hybridized carbons (Fsp3) is 0.400. The zero-order valence-corrected chi connectivity index (χ0v) is 8.94. The van der Waals surface area contributed by atoms with Gasteiger partial charge in [-0.1, -0.05) is 11.6 Å². The standard InChI is InChI=1S/C10H13ClFNO/c1-6(13)3-7-4-8(11)9(12)5-10(7)14-2/h4-6H,3,13H2,1-2H3. The van der Waals surface area contributed by atoms with Crippen LogP contribution in [0, 0.1) is 5.82 Å². The minimum atomic E-state index is -0.475. The minimum Gasteiger partial charge on any atom is -0.496 e. The molecule has 0 heterocycles. The second-order valence-electron chi connectivity index (χ2n) is 3.26. The van der Waals surface area contributed by atoms with Crippen LogP contribution in [-0.2, 0) is 6.42 Å². The predicted molar refractivity (Wildman–Crippen MR) is 55.3 cm³/mol. The first kappa shape index (κ1) is 11.3. The Morgan fingerprint density at radius 1 is 1.57 bits per heavy atom. The van der Waals surface area contributed by atoms with Crippen LogP contribution in [0.4, 0.5) is 4.39 Å². The van der Waals surface area contributed by atoms with E-state index in [-0.39, 0.29) is 11.1 Å². The van der Waals surface area contributed by atoms with Crippen LogP contribution in [0.5, 0.6) is 5.75 Å². The summed E-state index contributed by atoms with van der Waals surface area (Å²) in [6, 6.07) is 2.82. The van der Waals surface area contributed by atoms with Crippen LogP contribution in [0.25, 0.3) is 0 Å². The van der Waals surface area contributed by atoms with E-state index >= 15 is 0 Å². The van der Waals surface area contributed by atoms with Gasteiger partial charge in [0.1, 0.15) is 11.6 Å². The van der Waals surface area contributed by atoms with Crippen molar-refractivity contribution in [2.45, 2.75) is 19.4 Å². The summed E-state index contributed by atoms with van der Waals surface area (Å²) in [4.78, 5) is 0. The maximum Gasteiger partial charge on any atom is 0.145 e. The van der Waals surface area contributed by atoms with Gasteiger partial charge >= 0.3 is 0 Å². The molecule has 1 unspecified atom stereocenters. The second kappa shape index (κ2) is 4.62. The third-order valence-corrected chi connectivity index (χ3v) is 2.15. The topological polar surface area (TPSA) is 35.2 Å². The average molecular weight is 218 g/mol. The van der Waals surface area contributed by atoms with Gasteiger partial charge in [0, 0.05) is 12.1 Å². The zero-order chi connectivity index (χ0) is 10.7. The molecule has 0 aliphatic carbocycles. The molecule has 2 nitrogen and oxygen atoms in total. The van der Waals surface area contributed by atoms with Gasteiger partial charge in [0.2, 0.25) is 0 Å². The van der Waals surface area contributed by atoms with Gasteiger partial charge in [0.25, 0.3) is 0 Å². The maximum absolute atomic E-state index is 13.0. The number of halogens is 2. The van der Waals surface area contributed by atoms with Crippen LogP contribution in [-0.4, -0.2) is 13.2 Å². The highest BCUT2D eigenvalue weighted by molar-refractivity contribution is 6.30. The molecule has 0 fully saturated rings. The molecule has 0 saturated heterocycles. The Hall–Kier alpha value is -0.800.